The van der Waals surface area contributed by atoms with Crippen molar-refractivity contribution >= 4 is 33.8 Å². The van der Waals surface area contributed by atoms with Crippen molar-refractivity contribution in [2.45, 2.75) is 20.0 Å². The summed E-state index contributed by atoms with van der Waals surface area (Å²) in [4.78, 5) is 25.6. The van der Waals surface area contributed by atoms with Gasteiger partial charge in [0.05, 0.1) is 11.0 Å². The van der Waals surface area contributed by atoms with Crippen LogP contribution in [-0.4, -0.2) is 45.3 Å². The Labute approximate surface area is 219 Å². The number of fused-ring (bicyclic) bond motifs is 3. The summed E-state index contributed by atoms with van der Waals surface area (Å²) in [5.74, 6) is 1.01. The van der Waals surface area contributed by atoms with E-state index in [0.717, 1.165) is 33.1 Å². The number of ether oxygens (including phenoxy) is 1. The summed E-state index contributed by atoms with van der Waals surface area (Å²) in [6.45, 7) is 8.22. The molecule has 0 saturated carbocycles. The molecule has 3 heterocycles. The molecule has 0 fully saturated rings. The van der Waals surface area contributed by atoms with E-state index < -0.39 is 6.09 Å². The largest absolute Gasteiger partial charge is 0.451 e. The third-order valence-corrected chi connectivity index (χ3v) is 6.01. The molecule has 0 atom stereocenters. The maximum Gasteiger partial charge on any atom is 0.407 e. The average Bonchev–Trinajstić information content (AvgIpc) is 3.57. The molecular weight excluding hydrogens is 482 g/mol. The van der Waals surface area contributed by atoms with Crippen molar-refractivity contribution in [2.24, 2.45) is 0 Å². The molecule has 0 radical (unpaired) electrons. The van der Waals surface area contributed by atoms with Gasteiger partial charge >= 0.3 is 6.09 Å². The molecule has 0 aliphatic rings. The zero-order valence-corrected chi connectivity index (χ0v) is 21.1. The van der Waals surface area contributed by atoms with E-state index in [4.69, 9.17) is 19.9 Å². The van der Waals surface area contributed by atoms with Crippen LogP contribution in [0.4, 0.5) is 10.6 Å². The monoisotopic (exact) mass is 511 g/mol. The predicted octanol–water partition coefficient (Wildman–Crippen LogP) is 4.26. The zero-order valence-electron chi connectivity index (χ0n) is 21.1. The summed E-state index contributed by atoms with van der Waals surface area (Å²) in [6, 6.07) is 15.9. The molecule has 0 bridgehead atoms. The Kier molecular flexibility index (Phi) is 7.32. The second-order valence-electron chi connectivity index (χ2n) is 9.05. The predicted molar refractivity (Wildman–Crippen MR) is 146 cm³/mol. The van der Waals surface area contributed by atoms with Gasteiger partial charge in [-0.2, -0.15) is 0 Å². The Morgan fingerprint density at radius 2 is 1.92 bits per heavy atom. The fourth-order valence-corrected chi connectivity index (χ4v) is 4.22. The molecule has 2 aromatic carbocycles. The van der Waals surface area contributed by atoms with E-state index in [1.165, 1.54) is 6.39 Å². The number of imidazole rings is 1. The van der Waals surface area contributed by atoms with Gasteiger partial charge in [-0.15, -0.1) is 0 Å². The normalized spacial score (nSPS) is 11.2. The molecule has 5 aromatic rings. The van der Waals surface area contributed by atoms with Crippen molar-refractivity contribution < 1.29 is 13.9 Å². The van der Waals surface area contributed by atoms with Gasteiger partial charge < -0.3 is 30.1 Å². The highest BCUT2D eigenvalue weighted by Gasteiger charge is 2.20. The molecule has 0 spiro atoms. The first-order valence-corrected chi connectivity index (χ1v) is 12.3. The number of para-hydroxylation sites is 1. The number of oxazole rings is 1. The van der Waals surface area contributed by atoms with E-state index in [1.54, 1.807) is 6.26 Å². The van der Waals surface area contributed by atoms with Crippen LogP contribution in [-0.2, 0) is 17.8 Å². The van der Waals surface area contributed by atoms with E-state index in [2.05, 4.69) is 31.7 Å². The first kappa shape index (κ1) is 25.0. The second kappa shape index (κ2) is 11.1. The van der Waals surface area contributed by atoms with Crippen LogP contribution in [0.3, 0.4) is 0 Å². The van der Waals surface area contributed by atoms with E-state index in [9.17, 15) is 4.79 Å². The molecule has 1 amide bonds. The molecule has 10 nitrogen and oxygen atoms in total. The topological polar surface area (TPSA) is 133 Å². The SMILES string of the molecule is C=C(C)CNCCOC(=O)NCc1ccc(Cn2c(-c3cocn3)nc3c(N)nc4ccccc4c32)cc1. The highest BCUT2D eigenvalue weighted by Crippen LogP contribution is 2.32. The first-order chi connectivity index (χ1) is 18.5. The summed E-state index contributed by atoms with van der Waals surface area (Å²) in [7, 11) is 0. The van der Waals surface area contributed by atoms with E-state index in [-0.39, 0.29) is 0 Å². The van der Waals surface area contributed by atoms with E-state index >= 15 is 0 Å². The summed E-state index contributed by atoms with van der Waals surface area (Å²) < 4.78 is 12.5. The van der Waals surface area contributed by atoms with Gasteiger partial charge in [-0.05, 0) is 24.1 Å². The highest BCUT2D eigenvalue weighted by molar-refractivity contribution is 6.07. The number of pyridine rings is 1. The lowest BCUT2D eigenvalue weighted by Gasteiger charge is -2.11. The minimum absolute atomic E-state index is 0.291. The number of amides is 1. The number of carbonyl (C=O) groups excluding carboxylic acids is 1. The Hall–Kier alpha value is -4.70. The van der Waals surface area contributed by atoms with Crippen LogP contribution in [0, 0.1) is 0 Å². The number of nitrogens with zero attached hydrogens (tertiary/aromatic N) is 4. The molecule has 0 saturated heterocycles. The van der Waals surface area contributed by atoms with E-state index in [0.29, 0.717) is 55.6 Å². The number of hydrogen-bond acceptors (Lipinski definition) is 8. The molecule has 5 rings (SSSR count). The summed E-state index contributed by atoms with van der Waals surface area (Å²) in [5.41, 5.74) is 12.2. The highest BCUT2D eigenvalue weighted by atomic mass is 16.5. The summed E-state index contributed by atoms with van der Waals surface area (Å²) in [5, 5.41) is 6.88. The number of rotatable bonds is 10. The van der Waals surface area contributed by atoms with Crippen molar-refractivity contribution in [1.29, 1.82) is 0 Å². The molecule has 0 unspecified atom stereocenters. The second-order valence-corrected chi connectivity index (χ2v) is 9.05. The van der Waals surface area contributed by atoms with Crippen LogP contribution in [0.1, 0.15) is 18.1 Å². The average molecular weight is 512 g/mol. The number of nitrogens with one attached hydrogen (secondary N) is 2. The van der Waals surface area contributed by atoms with Crippen molar-refractivity contribution in [3.63, 3.8) is 0 Å². The number of anilines is 1. The fraction of sp³-hybridized carbons (Fsp3) is 0.214. The van der Waals surface area contributed by atoms with Gasteiger partial charge in [-0.3, -0.25) is 0 Å². The Balaban J connectivity index is 1.32. The van der Waals surface area contributed by atoms with Crippen LogP contribution in [0.5, 0.6) is 0 Å². The molecule has 10 heteroatoms. The van der Waals surface area contributed by atoms with Gasteiger partial charge in [-0.1, -0.05) is 54.6 Å². The molecule has 3 aromatic heterocycles. The number of carbonyl (C=O) groups is 1. The molecule has 4 N–H and O–H groups in total. The molecule has 194 valence electrons. The maximum atomic E-state index is 12.0. The quantitative estimate of drug-likeness (QED) is 0.187. The number of nitrogens with two attached hydrogens (primary N) is 1. The molecule has 0 aliphatic heterocycles. The standard InChI is InChI=1S/C28H29N7O3/c1-18(2)13-30-11-12-38-28(36)31-14-19-7-9-20(10-8-19)15-35-25-21-5-3-4-6-22(21)33-26(29)24(25)34-27(35)23-16-37-17-32-23/h3-10,16-17,30H,1,11-15H2,2H3,(H2,29,33)(H,31,36). The number of aromatic nitrogens is 4. The molecule has 0 aliphatic carbocycles. The van der Waals surface area contributed by atoms with E-state index in [1.807, 2.05) is 55.5 Å². The first-order valence-electron chi connectivity index (χ1n) is 12.3. The van der Waals surface area contributed by atoms with Crippen LogP contribution in [0.2, 0.25) is 0 Å². The third-order valence-electron chi connectivity index (χ3n) is 6.01. The Bertz CT molecular complexity index is 1570. The van der Waals surface area contributed by atoms with Gasteiger partial charge in [0, 0.05) is 31.6 Å². The molecular formula is C28H29N7O3. The molecule has 38 heavy (non-hydrogen) atoms. The fourth-order valence-electron chi connectivity index (χ4n) is 4.22. The van der Waals surface area contributed by atoms with Gasteiger partial charge in [-0.25, -0.2) is 19.7 Å². The van der Waals surface area contributed by atoms with Crippen LogP contribution >= 0.6 is 0 Å². The summed E-state index contributed by atoms with van der Waals surface area (Å²) in [6.07, 6.45) is 2.49. The zero-order chi connectivity index (χ0) is 26.5. The smallest absolute Gasteiger partial charge is 0.407 e. The van der Waals surface area contributed by atoms with Crippen molar-refractivity contribution in [2.75, 3.05) is 25.4 Å². The third kappa shape index (κ3) is 5.50. The number of hydrogen-bond donors (Lipinski definition) is 3. The minimum Gasteiger partial charge on any atom is -0.451 e. The van der Waals surface area contributed by atoms with Crippen molar-refractivity contribution in [3.05, 3.63) is 84.5 Å². The van der Waals surface area contributed by atoms with Gasteiger partial charge in [0.15, 0.2) is 18.0 Å². The van der Waals surface area contributed by atoms with Gasteiger partial charge in [0.2, 0.25) is 0 Å². The van der Waals surface area contributed by atoms with Crippen molar-refractivity contribution in [3.8, 4) is 11.5 Å². The Morgan fingerprint density at radius 1 is 1.13 bits per heavy atom. The van der Waals surface area contributed by atoms with Crippen LogP contribution in [0.15, 0.2) is 77.8 Å². The number of alkyl carbamates (subject to hydrolysis) is 1. The Morgan fingerprint density at radius 3 is 2.68 bits per heavy atom. The lowest BCUT2D eigenvalue weighted by Crippen LogP contribution is -2.28. The van der Waals surface area contributed by atoms with Gasteiger partial charge in [0.1, 0.15) is 24.1 Å². The minimum atomic E-state index is -0.452. The van der Waals surface area contributed by atoms with Crippen LogP contribution in [0.25, 0.3) is 33.5 Å². The van der Waals surface area contributed by atoms with Crippen molar-refractivity contribution in [1.82, 2.24) is 30.2 Å². The lowest BCUT2D eigenvalue weighted by atomic mass is 10.1. The number of nitrogen functional groups attached to an aromatic ring is 1. The lowest BCUT2D eigenvalue weighted by molar-refractivity contribution is 0.146. The van der Waals surface area contributed by atoms with Gasteiger partial charge in [0.25, 0.3) is 0 Å². The van der Waals surface area contributed by atoms with Crippen LogP contribution < -0.4 is 16.4 Å². The summed E-state index contributed by atoms with van der Waals surface area (Å²) >= 11 is 0. The number of benzene rings is 2. The maximum absolute atomic E-state index is 12.0.